The summed E-state index contributed by atoms with van der Waals surface area (Å²) < 4.78 is 10.7. The smallest absolute Gasteiger partial charge is 0.407 e. The SMILES string of the molecule is COc1ccc2cc(C(C(=O)N3CCC(NC(=O)OC(C)(C)C)CC3)C3(O)CCCCC3)ccc2c1. The zero-order chi connectivity index (χ0) is 25.9. The van der Waals surface area contributed by atoms with Crippen molar-refractivity contribution in [3.05, 3.63) is 42.0 Å². The number of carbonyl (C=O) groups is 2. The van der Waals surface area contributed by atoms with Crippen LogP contribution in [0.1, 0.15) is 77.2 Å². The van der Waals surface area contributed by atoms with E-state index in [9.17, 15) is 14.7 Å². The van der Waals surface area contributed by atoms with Gasteiger partial charge in [0.15, 0.2) is 0 Å². The molecule has 2 aromatic rings. The van der Waals surface area contributed by atoms with Gasteiger partial charge in [-0.3, -0.25) is 4.79 Å². The van der Waals surface area contributed by atoms with Crippen molar-refractivity contribution in [3.8, 4) is 5.75 Å². The number of carbonyl (C=O) groups excluding carboxylic acids is 2. The summed E-state index contributed by atoms with van der Waals surface area (Å²) >= 11 is 0. The number of amides is 2. The van der Waals surface area contributed by atoms with Gasteiger partial charge in [0.1, 0.15) is 11.4 Å². The quantitative estimate of drug-likeness (QED) is 0.598. The molecule has 36 heavy (non-hydrogen) atoms. The van der Waals surface area contributed by atoms with Crippen molar-refractivity contribution in [3.63, 3.8) is 0 Å². The molecule has 7 heteroatoms. The summed E-state index contributed by atoms with van der Waals surface area (Å²) in [5, 5.41) is 16.8. The molecule has 1 atom stereocenters. The second kappa shape index (κ2) is 10.7. The highest BCUT2D eigenvalue weighted by Crippen LogP contribution is 2.42. The van der Waals surface area contributed by atoms with Crippen LogP contribution in [0.4, 0.5) is 4.79 Å². The monoisotopic (exact) mass is 496 g/mol. The molecule has 1 heterocycles. The van der Waals surface area contributed by atoms with Crippen LogP contribution in [0.3, 0.4) is 0 Å². The first-order valence-corrected chi connectivity index (χ1v) is 13.2. The third-order valence-corrected chi connectivity index (χ3v) is 7.44. The second-order valence-corrected chi connectivity index (χ2v) is 11.3. The van der Waals surface area contributed by atoms with Crippen LogP contribution >= 0.6 is 0 Å². The van der Waals surface area contributed by atoms with Gasteiger partial charge < -0.3 is 24.8 Å². The van der Waals surface area contributed by atoms with Crippen molar-refractivity contribution >= 4 is 22.8 Å². The van der Waals surface area contributed by atoms with Gasteiger partial charge in [-0.15, -0.1) is 0 Å². The van der Waals surface area contributed by atoms with Gasteiger partial charge in [0.2, 0.25) is 5.91 Å². The van der Waals surface area contributed by atoms with Gasteiger partial charge in [-0.2, -0.15) is 0 Å². The van der Waals surface area contributed by atoms with Gasteiger partial charge in [0.25, 0.3) is 0 Å². The fourth-order valence-electron chi connectivity index (χ4n) is 5.59. The number of ether oxygens (including phenoxy) is 2. The molecule has 2 amide bonds. The maximum atomic E-state index is 14.0. The van der Waals surface area contributed by atoms with E-state index in [-0.39, 0.29) is 11.9 Å². The molecule has 2 fully saturated rings. The number of rotatable bonds is 5. The summed E-state index contributed by atoms with van der Waals surface area (Å²) in [6.45, 7) is 6.60. The van der Waals surface area contributed by atoms with Gasteiger partial charge in [-0.25, -0.2) is 4.79 Å². The Morgan fingerprint density at radius 2 is 1.67 bits per heavy atom. The fraction of sp³-hybridized carbons (Fsp3) is 0.586. The molecule has 2 aliphatic rings. The van der Waals surface area contributed by atoms with E-state index in [1.165, 1.54) is 0 Å². The molecule has 1 unspecified atom stereocenters. The molecule has 1 saturated heterocycles. The molecule has 0 spiro atoms. The summed E-state index contributed by atoms with van der Waals surface area (Å²) in [7, 11) is 1.65. The molecule has 196 valence electrons. The molecule has 7 nitrogen and oxygen atoms in total. The molecule has 0 bridgehead atoms. The van der Waals surface area contributed by atoms with Gasteiger partial charge in [0, 0.05) is 19.1 Å². The first kappa shape index (κ1) is 26.3. The molecule has 1 saturated carbocycles. The van der Waals surface area contributed by atoms with Crippen molar-refractivity contribution in [1.82, 2.24) is 10.2 Å². The number of alkyl carbamates (subject to hydrolysis) is 1. The molecule has 4 rings (SSSR count). The first-order valence-electron chi connectivity index (χ1n) is 13.2. The molecule has 0 radical (unpaired) electrons. The zero-order valence-corrected chi connectivity index (χ0v) is 22.0. The second-order valence-electron chi connectivity index (χ2n) is 11.3. The number of methoxy groups -OCH3 is 1. The Morgan fingerprint density at radius 3 is 2.31 bits per heavy atom. The Labute approximate surface area is 214 Å². The van der Waals surface area contributed by atoms with Crippen LogP contribution in [0.2, 0.25) is 0 Å². The summed E-state index contributed by atoms with van der Waals surface area (Å²) in [4.78, 5) is 28.0. The maximum absolute atomic E-state index is 14.0. The van der Waals surface area contributed by atoms with Gasteiger partial charge in [-0.05, 0) is 74.9 Å². The molecule has 0 aromatic heterocycles. The van der Waals surface area contributed by atoms with Crippen molar-refractivity contribution in [1.29, 1.82) is 0 Å². The number of fused-ring (bicyclic) bond motifs is 1. The summed E-state index contributed by atoms with van der Waals surface area (Å²) in [5.74, 6) is 0.152. The minimum Gasteiger partial charge on any atom is -0.497 e. The standard InChI is InChI=1S/C29H40N2O5/c1-28(2,3)36-27(33)30-23-12-16-31(17-13-23)26(32)25(29(34)14-6-5-7-15-29)22-9-8-21-19-24(35-4)11-10-20(21)18-22/h8-11,18-19,23,25,34H,5-7,12-17H2,1-4H3,(H,30,33). The normalized spacial score (nSPS) is 19.5. The third kappa shape index (κ3) is 6.12. The van der Waals surface area contributed by atoms with E-state index in [0.717, 1.165) is 41.3 Å². The first-order chi connectivity index (χ1) is 17.1. The number of hydrogen-bond acceptors (Lipinski definition) is 5. The maximum Gasteiger partial charge on any atom is 0.407 e. The number of nitrogens with zero attached hydrogens (tertiary/aromatic N) is 1. The van der Waals surface area contributed by atoms with Crippen LogP contribution in [0, 0.1) is 0 Å². The summed E-state index contributed by atoms with van der Waals surface area (Å²) in [6, 6.07) is 11.9. The van der Waals surface area contributed by atoms with Crippen LogP contribution in [0.5, 0.6) is 5.75 Å². The Balaban J connectivity index is 1.53. The van der Waals surface area contributed by atoms with Gasteiger partial charge >= 0.3 is 6.09 Å². The lowest BCUT2D eigenvalue weighted by atomic mass is 9.71. The van der Waals surface area contributed by atoms with E-state index in [2.05, 4.69) is 5.32 Å². The highest BCUT2D eigenvalue weighted by molar-refractivity contribution is 5.89. The Kier molecular flexibility index (Phi) is 7.79. The molecular weight excluding hydrogens is 456 g/mol. The predicted molar refractivity (Wildman–Crippen MR) is 140 cm³/mol. The Bertz CT molecular complexity index is 1080. The molecule has 1 aliphatic carbocycles. The van der Waals surface area contributed by atoms with E-state index in [1.54, 1.807) is 7.11 Å². The highest BCUT2D eigenvalue weighted by atomic mass is 16.6. The van der Waals surface area contributed by atoms with Crippen LogP contribution in [-0.2, 0) is 9.53 Å². The Hall–Kier alpha value is -2.80. The molecule has 1 aliphatic heterocycles. The van der Waals surface area contributed by atoms with Crippen molar-refractivity contribution in [2.24, 2.45) is 0 Å². The number of aliphatic hydroxyl groups is 1. The number of nitrogens with one attached hydrogen (secondary N) is 1. The average Bonchev–Trinajstić information content (AvgIpc) is 2.83. The summed E-state index contributed by atoms with van der Waals surface area (Å²) in [6.07, 6.45) is 5.08. The molecular formula is C29H40N2O5. The van der Waals surface area contributed by atoms with Gasteiger partial charge in [-0.1, -0.05) is 43.5 Å². The third-order valence-electron chi connectivity index (χ3n) is 7.44. The zero-order valence-electron chi connectivity index (χ0n) is 22.0. The van der Waals surface area contributed by atoms with Crippen LogP contribution in [0.25, 0.3) is 10.8 Å². The lowest BCUT2D eigenvalue weighted by molar-refractivity contribution is -0.142. The summed E-state index contributed by atoms with van der Waals surface area (Å²) in [5.41, 5.74) is -0.744. The Morgan fingerprint density at radius 1 is 1.03 bits per heavy atom. The van der Waals surface area contributed by atoms with Crippen LogP contribution in [0.15, 0.2) is 36.4 Å². The molecule has 2 N–H and O–H groups in total. The van der Waals surface area contributed by atoms with Gasteiger partial charge in [0.05, 0.1) is 18.6 Å². The number of piperidine rings is 1. The minimum atomic E-state index is -1.05. The van der Waals surface area contributed by atoms with E-state index >= 15 is 0 Å². The predicted octanol–water partition coefficient (Wildman–Crippen LogP) is 5.14. The topological polar surface area (TPSA) is 88.1 Å². The average molecular weight is 497 g/mol. The van der Waals surface area contributed by atoms with E-state index < -0.39 is 23.2 Å². The van der Waals surface area contributed by atoms with Crippen molar-refractivity contribution in [2.75, 3.05) is 20.2 Å². The van der Waals surface area contributed by atoms with E-state index in [0.29, 0.717) is 38.8 Å². The lowest BCUT2D eigenvalue weighted by Gasteiger charge is -2.42. The van der Waals surface area contributed by atoms with Crippen LogP contribution in [-0.4, -0.2) is 59.5 Å². The van der Waals surface area contributed by atoms with E-state index in [4.69, 9.17) is 9.47 Å². The largest absolute Gasteiger partial charge is 0.497 e. The minimum absolute atomic E-state index is 0.0250. The highest BCUT2D eigenvalue weighted by Gasteiger charge is 2.45. The number of likely N-dealkylation sites (tertiary alicyclic amines) is 1. The number of benzene rings is 2. The molecule has 2 aromatic carbocycles. The van der Waals surface area contributed by atoms with E-state index in [1.807, 2.05) is 62.1 Å². The lowest BCUT2D eigenvalue weighted by Crippen LogP contribution is -2.52. The van der Waals surface area contributed by atoms with Crippen molar-refractivity contribution < 1.29 is 24.2 Å². The van der Waals surface area contributed by atoms with Crippen LogP contribution < -0.4 is 10.1 Å². The van der Waals surface area contributed by atoms with Crippen molar-refractivity contribution in [2.45, 2.75) is 88.9 Å². The fourth-order valence-corrected chi connectivity index (χ4v) is 5.59. The number of hydrogen-bond donors (Lipinski definition) is 2.